The van der Waals surface area contributed by atoms with Crippen LogP contribution in [-0.2, 0) is 4.74 Å². The molecule has 0 saturated heterocycles. The van der Waals surface area contributed by atoms with Crippen LogP contribution in [0.25, 0.3) is 5.65 Å². The molecule has 0 aliphatic rings. The first-order chi connectivity index (χ1) is 8.74. The van der Waals surface area contributed by atoms with Gasteiger partial charge in [0.05, 0.1) is 12.8 Å². The third-order valence-corrected chi connectivity index (χ3v) is 2.53. The minimum Gasteiger partial charge on any atom is -0.383 e. The van der Waals surface area contributed by atoms with Gasteiger partial charge in [-0.25, -0.2) is 9.97 Å². The van der Waals surface area contributed by atoms with Gasteiger partial charge >= 0.3 is 0 Å². The minimum absolute atomic E-state index is 0.180. The second-order valence-corrected chi connectivity index (χ2v) is 4.16. The van der Waals surface area contributed by atoms with Crippen molar-refractivity contribution >= 4 is 17.3 Å². The van der Waals surface area contributed by atoms with Crippen LogP contribution in [0.1, 0.15) is 13.8 Å². The number of hydrogen-bond donors (Lipinski definition) is 2. The van der Waals surface area contributed by atoms with Gasteiger partial charge < -0.3 is 19.8 Å². The molecule has 1 atom stereocenters. The normalized spacial score (nSPS) is 12.6. The van der Waals surface area contributed by atoms with Crippen LogP contribution in [-0.4, -0.2) is 40.7 Å². The predicted octanol–water partition coefficient (Wildman–Crippen LogP) is 1.61. The molecule has 0 saturated carbocycles. The van der Waals surface area contributed by atoms with E-state index < -0.39 is 0 Å². The molecule has 0 radical (unpaired) electrons. The van der Waals surface area contributed by atoms with Crippen molar-refractivity contribution in [2.45, 2.75) is 19.9 Å². The van der Waals surface area contributed by atoms with Crippen LogP contribution in [0.2, 0.25) is 0 Å². The highest BCUT2D eigenvalue weighted by molar-refractivity contribution is 5.65. The fourth-order valence-electron chi connectivity index (χ4n) is 1.82. The van der Waals surface area contributed by atoms with Crippen molar-refractivity contribution in [1.82, 2.24) is 14.4 Å². The van der Waals surface area contributed by atoms with Crippen LogP contribution in [0.5, 0.6) is 0 Å². The van der Waals surface area contributed by atoms with E-state index in [-0.39, 0.29) is 6.04 Å². The molecular formula is C12H19N5O. The number of aromatic nitrogens is 3. The van der Waals surface area contributed by atoms with Gasteiger partial charge in [0.1, 0.15) is 5.82 Å². The van der Waals surface area contributed by atoms with Crippen molar-refractivity contribution in [3.63, 3.8) is 0 Å². The van der Waals surface area contributed by atoms with E-state index in [0.29, 0.717) is 6.61 Å². The summed E-state index contributed by atoms with van der Waals surface area (Å²) in [7, 11) is 1.69. The molecular weight excluding hydrogens is 230 g/mol. The molecule has 0 spiro atoms. The summed E-state index contributed by atoms with van der Waals surface area (Å²) in [6, 6.07) is 0.180. The van der Waals surface area contributed by atoms with E-state index in [4.69, 9.17) is 4.74 Å². The zero-order valence-corrected chi connectivity index (χ0v) is 11.0. The van der Waals surface area contributed by atoms with E-state index in [2.05, 4.69) is 20.6 Å². The summed E-state index contributed by atoms with van der Waals surface area (Å²) in [5, 5.41) is 6.52. The Kier molecular flexibility index (Phi) is 3.99. The van der Waals surface area contributed by atoms with Gasteiger partial charge in [-0.3, -0.25) is 0 Å². The number of rotatable bonds is 6. The second kappa shape index (κ2) is 5.68. The van der Waals surface area contributed by atoms with Crippen molar-refractivity contribution in [1.29, 1.82) is 0 Å². The highest BCUT2D eigenvalue weighted by Crippen LogP contribution is 2.17. The zero-order chi connectivity index (χ0) is 13.0. The van der Waals surface area contributed by atoms with Crippen LogP contribution < -0.4 is 10.6 Å². The second-order valence-electron chi connectivity index (χ2n) is 4.16. The van der Waals surface area contributed by atoms with E-state index in [1.165, 1.54) is 0 Å². The van der Waals surface area contributed by atoms with Gasteiger partial charge in [0.25, 0.3) is 0 Å². The van der Waals surface area contributed by atoms with Gasteiger partial charge in [0.2, 0.25) is 0 Å². The molecule has 0 fully saturated rings. The Morgan fingerprint density at radius 2 is 2.33 bits per heavy atom. The van der Waals surface area contributed by atoms with Crippen LogP contribution in [0.4, 0.5) is 11.6 Å². The Hall–Kier alpha value is -1.82. The standard InChI is InChI=1S/C12H19N5O/c1-4-13-10-7-17-6-5-14-12(17)11(16-10)15-9(2)8-18-3/h5-7,9,13H,4,8H2,1-3H3,(H,15,16). The first-order valence-corrected chi connectivity index (χ1v) is 6.07. The van der Waals surface area contributed by atoms with Gasteiger partial charge in [-0.2, -0.15) is 0 Å². The van der Waals surface area contributed by atoms with Gasteiger partial charge in [0, 0.05) is 32.1 Å². The number of methoxy groups -OCH3 is 1. The smallest absolute Gasteiger partial charge is 0.180 e. The summed E-state index contributed by atoms with van der Waals surface area (Å²) < 4.78 is 7.07. The molecule has 2 aromatic rings. The highest BCUT2D eigenvalue weighted by Gasteiger charge is 2.09. The van der Waals surface area contributed by atoms with Crippen molar-refractivity contribution in [2.75, 3.05) is 30.9 Å². The Labute approximate surface area is 106 Å². The maximum atomic E-state index is 5.11. The summed E-state index contributed by atoms with van der Waals surface area (Å²) >= 11 is 0. The van der Waals surface area contributed by atoms with Gasteiger partial charge in [0.15, 0.2) is 11.5 Å². The number of nitrogens with one attached hydrogen (secondary N) is 2. The Balaban J connectivity index is 2.31. The average Bonchev–Trinajstić information content (AvgIpc) is 2.78. The molecule has 6 heteroatoms. The third-order valence-electron chi connectivity index (χ3n) is 2.53. The fourth-order valence-corrected chi connectivity index (χ4v) is 1.82. The number of nitrogens with zero attached hydrogens (tertiary/aromatic N) is 3. The molecule has 2 rings (SSSR count). The van der Waals surface area contributed by atoms with Crippen molar-refractivity contribution < 1.29 is 4.74 Å². The van der Waals surface area contributed by atoms with Gasteiger partial charge in [-0.05, 0) is 13.8 Å². The average molecular weight is 249 g/mol. The zero-order valence-electron chi connectivity index (χ0n) is 11.0. The first-order valence-electron chi connectivity index (χ1n) is 6.07. The van der Waals surface area contributed by atoms with Crippen LogP contribution in [0, 0.1) is 0 Å². The topological polar surface area (TPSA) is 63.5 Å². The molecule has 2 N–H and O–H groups in total. The molecule has 18 heavy (non-hydrogen) atoms. The summed E-state index contributed by atoms with van der Waals surface area (Å²) in [6.07, 6.45) is 5.60. The number of imidazole rings is 1. The van der Waals surface area contributed by atoms with E-state index in [9.17, 15) is 0 Å². The predicted molar refractivity (Wildman–Crippen MR) is 72.1 cm³/mol. The molecule has 0 aromatic carbocycles. The number of hydrogen-bond acceptors (Lipinski definition) is 5. The molecule has 0 aliphatic heterocycles. The van der Waals surface area contributed by atoms with E-state index >= 15 is 0 Å². The minimum atomic E-state index is 0.180. The van der Waals surface area contributed by atoms with E-state index in [1.54, 1.807) is 13.3 Å². The summed E-state index contributed by atoms with van der Waals surface area (Å²) in [5.41, 5.74) is 0.819. The van der Waals surface area contributed by atoms with E-state index in [1.807, 2.05) is 30.6 Å². The van der Waals surface area contributed by atoms with Crippen molar-refractivity contribution in [3.05, 3.63) is 18.6 Å². The lowest BCUT2D eigenvalue weighted by atomic mass is 10.3. The molecule has 98 valence electrons. The lowest BCUT2D eigenvalue weighted by Gasteiger charge is -2.15. The number of ether oxygens (including phenoxy) is 1. The molecule has 0 amide bonds. The summed E-state index contributed by atoms with van der Waals surface area (Å²) in [6.45, 7) is 5.55. The summed E-state index contributed by atoms with van der Waals surface area (Å²) in [5.74, 6) is 1.60. The largest absolute Gasteiger partial charge is 0.383 e. The van der Waals surface area contributed by atoms with Crippen molar-refractivity contribution in [3.8, 4) is 0 Å². The lowest BCUT2D eigenvalue weighted by Crippen LogP contribution is -2.22. The van der Waals surface area contributed by atoms with Crippen LogP contribution >= 0.6 is 0 Å². The quantitative estimate of drug-likeness (QED) is 0.814. The molecule has 0 aliphatic carbocycles. The van der Waals surface area contributed by atoms with Crippen LogP contribution in [0.15, 0.2) is 18.6 Å². The molecule has 0 bridgehead atoms. The number of anilines is 2. The maximum Gasteiger partial charge on any atom is 0.180 e. The SMILES string of the molecule is CCNc1cn2ccnc2c(NC(C)COC)n1. The van der Waals surface area contributed by atoms with Gasteiger partial charge in [-0.1, -0.05) is 0 Å². The Morgan fingerprint density at radius 1 is 1.50 bits per heavy atom. The molecule has 1 unspecified atom stereocenters. The third kappa shape index (κ3) is 2.70. The fraction of sp³-hybridized carbons (Fsp3) is 0.500. The number of fused-ring (bicyclic) bond motifs is 1. The van der Waals surface area contributed by atoms with E-state index in [0.717, 1.165) is 23.8 Å². The van der Waals surface area contributed by atoms with Gasteiger partial charge in [-0.15, -0.1) is 0 Å². The summed E-state index contributed by atoms with van der Waals surface area (Å²) in [4.78, 5) is 8.83. The molecule has 2 heterocycles. The Bertz CT molecular complexity index is 510. The highest BCUT2D eigenvalue weighted by atomic mass is 16.5. The van der Waals surface area contributed by atoms with Crippen molar-refractivity contribution in [2.24, 2.45) is 0 Å². The Morgan fingerprint density at radius 3 is 3.06 bits per heavy atom. The lowest BCUT2D eigenvalue weighted by molar-refractivity contribution is 0.190. The molecule has 6 nitrogen and oxygen atoms in total. The first kappa shape index (κ1) is 12.6. The molecule has 2 aromatic heterocycles. The van der Waals surface area contributed by atoms with Crippen LogP contribution in [0.3, 0.4) is 0 Å². The monoisotopic (exact) mass is 249 g/mol. The maximum absolute atomic E-state index is 5.11.